The van der Waals surface area contributed by atoms with Crippen molar-refractivity contribution in [3.05, 3.63) is 11.6 Å². The molecule has 4 N–H and O–H groups in total. The van der Waals surface area contributed by atoms with Gasteiger partial charge in [0.25, 0.3) is 0 Å². The standard InChI is InChI=1S/C2H6N2P/c3-5(4)1-2-5/h1-2H,3-4H2/q+1. The summed E-state index contributed by atoms with van der Waals surface area (Å²) in [6.07, 6.45) is 0. The molecule has 0 aromatic carbocycles. The van der Waals surface area contributed by atoms with Gasteiger partial charge in [0.15, 0.2) is 0 Å². The molecule has 2 nitrogen and oxygen atoms in total. The predicted molar refractivity (Wildman–Crippen MR) is 24.4 cm³/mol. The molecule has 0 radical (unpaired) electrons. The van der Waals surface area contributed by atoms with Crippen LogP contribution in [0, 0.1) is 0 Å². The van der Waals surface area contributed by atoms with E-state index in [0.717, 1.165) is 0 Å². The van der Waals surface area contributed by atoms with Crippen LogP contribution in [-0.2, 0) is 0 Å². The lowest BCUT2D eigenvalue weighted by Gasteiger charge is -1.79. The van der Waals surface area contributed by atoms with Gasteiger partial charge in [-0.25, -0.2) is 0 Å². The maximum absolute atomic E-state index is 5.24. The summed E-state index contributed by atoms with van der Waals surface area (Å²) in [6, 6.07) is 0. The zero-order chi connectivity index (χ0) is 3.91. The van der Waals surface area contributed by atoms with Gasteiger partial charge in [-0.3, -0.25) is 0 Å². The Labute approximate surface area is 31.3 Å². The molecule has 5 heavy (non-hydrogen) atoms. The zero-order valence-corrected chi connectivity index (χ0v) is 3.65. The van der Waals surface area contributed by atoms with E-state index in [9.17, 15) is 0 Å². The van der Waals surface area contributed by atoms with Crippen LogP contribution in [-0.4, -0.2) is 0 Å². The number of hydrogen-bond donors (Lipinski definition) is 2. The second kappa shape index (κ2) is 0.597. The van der Waals surface area contributed by atoms with Gasteiger partial charge < -0.3 is 0 Å². The first-order valence-electron chi connectivity index (χ1n) is 1.37. The van der Waals surface area contributed by atoms with Gasteiger partial charge in [0.2, 0.25) is 7.56 Å². The van der Waals surface area contributed by atoms with Crippen molar-refractivity contribution < 1.29 is 0 Å². The highest BCUT2D eigenvalue weighted by atomic mass is 31.2. The van der Waals surface area contributed by atoms with Crippen LogP contribution in [0.4, 0.5) is 0 Å². The Morgan fingerprint density at radius 3 is 1.40 bits per heavy atom. The third-order valence-electron chi connectivity index (χ3n) is 0.493. The van der Waals surface area contributed by atoms with Crippen LogP contribution in [0.25, 0.3) is 0 Å². The van der Waals surface area contributed by atoms with Crippen molar-refractivity contribution in [3.63, 3.8) is 0 Å². The molecular formula is C2H6N2P+. The summed E-state index contributed by atoms with van der Waals surface area (Å²) >= 11 is 0. The lowest BCUT2D eigenvalue weighted by Crippen LogP contribution is -1.96. The van der Waals surface area contributed by atoms with Gasteiger partial charge in [0, 0.05) is 0 Å². The molecule has 1 heterocycles. The van der Waals surface area contributed by atoms with Gasteiger partial charge in [-0.1, -0.05) is 0 Å². The van der Waals surface area contributed by atoms with Gasteiger partial charge in [0.1, 0.15) is 11.6 Å². The topological polar surface area (TPSA) is 52.0 Å². The molecule has 1 aliphatic heterocycles. The van der Waals surface area contributed by atoms with Crippen LogP contribution < -0.4 is 11.0 Å². The predicted octanol–water partition coefficient (Wildman–Crippen LogP) is 0.236. The summed E-state index contributed by atoms with van der Waals surface area (Å²) in [5, 5.41) is 0. The van der Waals surface area contributed by atoms with E-state index in [0.29, 0.717) is 0 Å². The van der Waals surface area contributed by atoms with E-state index < -0.39 is 7.56 Å². The molecule has 28 valence electrons. The van der Waals surface area contributed by atoms with Gasteiger partial charge in [-0.2, -0.15) is 11.0 Å². The summed E-state index contributed by atoms with van der Waals surface area (Å²) in [5.74, 6) is 3.71. The third-order valence-corrected chi connectivity index (χ3v) is 1.48. The number of rotatable bonds is 0. The van der Waals surface area contributed by atoms with Crippen LogP contribution in [0.15, 0.2) is 11.6 Å². The summed E-state index contributed by atoms with van der Waals surface area (Å²) in [7, 11) is -1.39. The van der Waals surface area contributed by atoms with E-state index >= 15 is 0 Å². The van der Waals surface area contributed by atoms with Crippen molar-refractivity contribution in [2.75, 3.05) is 0 Å². The monoisotopic (exact) mass is 89.0 g/mol. The second-order valence-electron chi connectivity index (χ2n) is 1.19. The van der Waals surface area contributed by atoms with Crippen molar-refractivity contribution in [2.24, 2.45) is 11.0 Å². The Hall–Kier alpha value is 0.0900. The van der Waals surface area contributed by atoms with E-state index in [1.165, 1.54) is 0 Å². The third kappa shape index (κ3) is 0.690. The van der Waals surface area contributed by atoms with Crippen LogP contribution in [0.1, 0.15) is 0 Å². The minimum atomic E-state index is -1.39. The highest BCUT2D eigenvalue weighted by molar-refractivity contribution is 7.83. The summed E-state index contributed by atoms with van der Waals surface area (Å²) < 4.78 is 0. The molecule has 0 aromatic heterocycles. The quantitative estimate of drug-likeness (QED) is 0.417. The van der Waals surface area contributed by atoms with Crippen molar-refractivity contribution in [1.82, 2.24) is 0 Å². The Balaban J connectivity index is 2.47. The molecule has 0 atom stereocenters. The molecule has 0 amide bonds. The van der Waals surface area contributed by atoms with Gasteiger partial charge >= 0.3 is 0 Å². The summed E-state index contributed by atoms with van der Waals surface area (Å²) in [5.41, 5.74) is 10.5. The largest absolute Gasteiger partial charge is 0.200 e. The van der Waals surface area contributed by atoms with Crippen molar-refractivity contribution in [1.29, 1.82) is 0 Å². The average molecular weight is 89.1 g/mol. The van der Waals surface area contributed by atoms with Crippen LogP contribution >= 0.6 is 7.56 Å². The van der Waals surface area contributed by atoms with E-state index in [1.54, 1.807) is 0 Å². The van der Waals surface area contributed by atoms with Crippen molar-refractivity contribution in [3.8, 4) is 0 Å². The first-order chi connectivity index (χ1) is 2.21. The fourth-order valence-electron chi connectivity index (χ4n) is 0.0770. The van der Waals surface area contributed by atoms with E-state index in [-0.39, 0.29) is 0 Å². The summed E-state index contributed by atoms with van der Waals surface area (Å²) in [4.78, 5) is 0. The van der Waals surface area contributed by atoms with Gasteiger partial charge in [-0.15, -0.1) is 0 Å². The molecule has 1 aliphatic rings. The highest BCUT2D eigenvalue weighted by Gasteiger charge is 2.34. The molecule has 0 unspecified atom stereocenters. The van der Waals surface area contributed by atoms with Crippen LogP contribution in [0.5, 0.6) is 0 Å². The minimum Gasteiger partial charge on any atom is -0.181 e. The molecule has 3 heteroatoms. The fraction of sp³-hybridized carbons (Fsp3) is 0. The maximum atomic E-state index is 5.24. The molecule has 0 saturated heterocycles. The highest BCUT2D eigenvalue weighted by Crippen LogP contribution is 2.58. The van der Waals surface area contributed by atoms with Crippen molar-refractivity contribution in [2.45, 2.75) is 0 Å². The van der Waals surface area contributed by atoms with Crippen molar-refractivity contribution >= 4 is 7.56 Å². The second-order valence-corrected chi connectivity index (χ2v) is 3.58. The number of nitrogens with two attached hydrogens (primary N) is 2. The Morgan fingerprint density at radius 1 is 1.20 bits per heavy atom. The molecular weight excluding hydrogens is 83.0 g/mol. The van der Waals surface area contributed by atoms with E-state index in [1.807, 2.05) is 11.6 Å². The first kappa shape index (κ1) is 3.29. The fourth-order valence-corrected chi connectivity index (χ4v) is 0.693. The smallest absolute Gasteiger partial charge is 0.181 e. The average Bonchev–Trinajstić information content (AvgIpc) is 1.76. The molecule has 0 bridgehead atoms. The SMILES string of the molecule is N[P+]1(N)C=C1. The lowest BCUT2D eigenvalue weighted by molar-refractivity contribution is 1.80. The molecule has 0 aromatic rings. The van der Waals surface area contributed by atoms with E-state index in [4.69, 9.17) is 11.0 Å². The lowest BCUT2D eigenvalue weighted by atomic mass is 11.3. The van der Waals surface area contributed by atoms with E-state index in [2.05, 4.69) is 0 Å². The Bertz CT molecular complexity index is 67.7. The molecule has 1 rings (SSSR count). The van der Waals surface area contributed by atoms with Gasteiger partial charge in [-0.05, 0) is 0 Å². The molecule has 0 aliphatic carbocycles. The van der Waals surface area contributed by atoms with Gasteiger partial charge in [0.05, 0.1) is 0 Å². The Morgan fingerprint density at radius 2 is 1.40 bits per heavy atom. The first-order valence-corrected chi connectivity index (χ1v) is 3.43. The summed E-state index contributed by atoms with van der Waals surface area (Å²) in [6.45, 7) is 0. The molecule has 0 fully saturated rings. The van der Waals surface area contributed by atoms with Crippen LogP contribution in [0.2, 0.25) is 0 Å². The normalized spacial score (nSPS) is 26.8. The van der Waals surface area contributed by atoms with Crippen LogP contribution in [0.3, 0.4) is 0 Å². The Kier molecular flexibility index (Phi) is 0.392. The molecule has 0 saturated carbocycles. The number of hydrogen-bond acceptors (Lipinski definition) is 2. The zero-order valence-electron chi connectivity index (χ0n) is 2.76. The molecule has 0 spiro atoms. The maximum Gasteiger partial charge on any atom is 0.200 e. The minimum absolute atomic E-state index is 1.39.